The van der Waals surface area contributed by atoms with Crippen LogP contribution in [0.25, 0.3) is 5.57 Å². The highest BCUT2D eigenvalue weighted by Gasteiger charge is 2.42. The molecule has 37 heavy (non-hydrogen) atoms. The van der Waals surface area contributed by atoms with E-state index in [0.29, 0.717) is 45.8 Å². The number of thioether (sulfide) groups is 1. The SMILES string of the molecule is COc1ccc(CCN2C(=O)/C(=C3/C(=O)N(Cc4ccccc4)c4ccc(Br)cc43)SC2=S)cc1OC. The second-order valence-electron chi connectivity index (χ2n) is 8.51. The Morgan fingerprint density at radius 1 is 0.865 bits per heavy atom. The minimum absolute atomic E-state index is 0.197. The molecule has 0 N–H and O–H groups in total. The summed E-state index contributed by atoms with van der Waals surface area (Å²) in [5, 5.41) is 0. The van der Waals surface area contributed by atoms with Crippen LogP contribution in [0.2, 0.25) is 0 Å². The second kappa shape index (κ2) is 10.7. The molecule has 0 atom stereocenters. The van der Waals surface area contributed by atoms with Gasteiger partial charge in [-0.15, -0.1) is 0 Å². The zero-order valence-electron chi connectivity index (χ0n) is 20.2. The fraction of sp³-hybridized carbons (Fsp3) is 0.179. The van der Waals surface area contributed by atoms with Gasteiger partial charge in [-0.2, -0.15) is 0 Å². The second-order valence-corrected chi connectivity index (χ2v) is 11.1. The van der Waals surface area contributed by atoms with Gasteiger partial charge in [0.25, 0.3) is 11.8 Å². The van der Waals surface area contributed by atoms with E-state index >= 15 is 0 Å². The molecule has 2 heterocycles. The van der Waals surface area contributed by atoms with E-state index in [1.807, 2.05) is 66.7 Å². The monoisotopic (exact) mass is 594 g/mol. The molecule has 0 aromatic heterocycles. The summed E-state index contributed by atoms with van der Waals surface area (Å²) in [6, 6.07) is 21.2. The van der Waals surface area contributed by atoms with Gasteiger partial charge in [0.05, 0.1) is 36.9 Å². The first-order chi connectivity index (χ1) is 17.9. The summed E-state index contributed by atoms with van der Waals surface area (Å²) in [5.41, 5.74) is 3.91. The van der Waals surface area contributed by atoms with Crippen molar-refractivity contribution >= 4 is 67.3 Å². The topological polar surface area (TPSA) is 59.1 Å². The Balaban J connectivity index is 1.44. The van der Waals surface area contributed by atoms with Crippen molar-refractivity contribution in [2.75, 3.05) is 25.7 Å². The molecular weight excluding hydrogens is 572 g/mol. The van der Waals surface area contributed by atoms with Gasteiger partial charge < -0.3 is 14.4 Å². The normalized spacial score (nSPS) is 17.0. The van der Waals surface area contributed by atoms with Crippen molar-refractivity contribution in [3.05, 3.63) is 92.8 Å². The highest BCUT2D eigenvalue weighted by Crippen LogP contribution is 2.46. The molecule has 1 fully saturated rings. The number of benzene rings is 3. The maximum atomic E-state index is 13.7. The first-order valence-electron chi connectivity index (χ1n) is 11.6. The van der Waals surface area contributed by atoms with Crippen molar-refractivity contribution < 1.29 is 19.1 Å². The Morgan fingerprint density at radius 2 is 1.62 bits per heavy atom. The molecule has 2 aliphatic rings. The van der Waals surface area contributed by atoms with Crippen LogP contribution in [-0.2, 0) is 22.6 Å². The molecule has 3 aromatic rings. The predicted octanol–water partition coefficient (Wildman–Crippen LogP) is 5.83. The quantitative estimate of drug-likeness (QED) is 0.253. The molecular formula is C28H23BrN2O4S2. The molecule has 3 aromatic carbocycles. The molecule has 0 saturated carbocycles. The van der Waals surface area contributed by atoms with Crippen molar-refractivity contribution in [2.24, 2.45) is 0 Å². The number of hydrogen-bond donors (Lipinski definition) is 0. The number of halogens is 1. The standard InChI is InChI=1S/C28H23BrN2O4S2/c1-34-22-11-8-17(14-23(22)35-2)12-13-30-27(33)25(37-28(30)36)24-20-15-19(29)9-10-21(20)31(26(24)32)16-18-6-4-3-5-7-18/h3-11,14-15H,12-13,16H2,1-2H3/b25-24-. The van der Waals surface area contributed by atoms with Crippen molar-refractivity contribution in [3.8, 4) is 11.5 Å². The number of methoxy groups -OCH3 is 2. The van der Waals surface area contributed by atoms with Crippen LogP contribution >= 0.6 is 39.9 Å². The molecule has 6 nitrogen and oxygen atoms in total. The van der Waals surface area contributed by atoms with E-state index in [1.54, 1.807) is 24.0 Å². The number of ether oxygens (including phenoxy) is 2. The maximum Gasteiger partial charge on any atom is 0.267 e. The smallest absolute Gasteiger partial charge is 0.267 e. The number of thiocarbonyl (C=S) groups is 1. The van der Waals surface area contributed by atoms with Crippen LogP contribution in [0, 0.1) is 0 Å². The van der Waals surface area contributed by atoms with Gasteiger partial charge in [-0.1, -0.05) is 76.3 Å². The van der Waals surface area contributed by atoms with Gasteiger partial charge in [-0.3, -0.25) is 14.5 Å². The molecule has 2 aliphatic heterocycles. The van der Waals surface area contributed by atoms with E-state index in [1.165, 1.54) is 11.8 Å². The van der Waals surface area contributed by atoms with Crippen LogP contribution in [0.15, 0.2) is 76.1 Å². The van der Waals surface area contributed by atoms with E-state index in [9.17, 15) is 9.59 Å². The lowest BCUT2D eigenvalue weighted by molar-refractivity contribution is -0.122. The summed E-state index contributed by atoms with van der Waals surface area (Å²) in [4.78, 5) is 31.0. The van der Waals surface area contributed by atoms with Crippen molar-refractivity contribution in [2.45, 2.75) is 13.0 Å². The zero-order chi connectivity index (χ0) is 26.1. The molecule has 0 spiro atoms. The van der Waals surface area contributed by atoms with E-state index in [2.05, 4.69) is 15.9 Å². The van der Waals surface area contributed by atoms with Crippen LogP contribution in [-0.4, -0.2) is 41.8 Å². The number of carbonyl (C=O) groups excluding carboxylic acids is 2. The lowest BCUT2D eigenvalue weighted by Gasteiger charge is -2.17. The van der Waals surface area contributed by atoms with Crippen LogP contribution in [0.3, 0.4) is 0 Å². The summed E-state index contributed by atoms with van der Waals surface area (Å²) >= 11 is 10.3. The number of amides is 2. The zero-order valence-corrected chi connectivity index (χ0v) is 23.4. The van der Waals surface area contributed by atoms with E-state index in [0.717, 1.165) is 26.9 Å². The third kappa shape index (κ3) is 4.91. The van der Waals surface area contributed by atoms with Gasteiger partial charge in [0.15, 0.2) is 11.5 Å². The Labute approximate surface area is 233 Å². The lowest BCUT2D eigenvalue weighted by Crippen LogP contribution is -2.31. The van der Waals surface area contributed by atoms with Crippen LogP contribution in [0.1, 0.15) is 16.7 Å². The molecule has 1 saturated heterocycles. The highest BCUT2D eigenvalue weighted by molar-refractivity contribution is 9.10. The summed E-state index contributed by atoms with van der Waals surface area (Å²) in [6.45, 7) is 0.807. The van der Waals surface area contributed by atoms with Gasteiger partial charge in [0, 0.05) is 16.6 Å². The minimum Gasteiger partial charge on any atom is -0.493 e. The molecule has 0 bridgehead atoms. The summed E-state index contributed by atoms with van der Waals surface area (Å²) < 4.78 is 12.0. The van der Waals surface area contributed by atoms with Gasteiger partial charge in [-0.05, 0) is 47.9 Å². The predicted molar refractivity (Wildman–Crippen MR) is 154 cm³/mol. The van der Waals surface area contributed by atoms with Crippen molar-refractivity contribution in [3.63, 3.8) is 0 Å². The van der Waals surface area contributed by atoms with E-state index in [4.69, 9.17) is 21.7 Å². The van der Waals surface area contributed by atoms with Gasteiger partial charge in [0.1, 0.15) is 4.32 Å². The molecule has 0 aliphatic carbocycles. The molecule has 5 rings (SSSR count). The van der Waals surface area contributed by atoms with Crippen LogP contribution in [0.4, 0.5) is 5.69 Å². The average Bonchev–Trinajstić information content (AvgIpc) is 3.33. The molecule has 2 amide bonds. The Morgan fingerprint density at radius 3 is 2.35 bits per heavy atom. The third-order valence-electron chi connectivity index (χ3n) is 6.31. The fourth-order valence-corrected chi connectivity index (χ4v) is 6.21. The number of fused-ring (bicyclic) bond motifs is 1. The largest absolute Gasteiger partial charge is 0.493 e. The number of hydrogen-bond acceptors (Lipinski definition) is 6. The Hall–Kier alpha value is -3.14. The van der Waals surface area contributed by atoms with Gasteiger partial charge in [-0.25, -0.2) is 0 Å². The Kier molecular flexibility index (Phi) is 7.37. The lowest BCUT2D eigenvalue weighted by atomic mass is 10.1. The first-order valence-corrected chi connectivity index (χ1v) is 13.6. The summed E-state index contributed by atoms with van der Waals surface area (Å²) in [7, 11) is 3.18. The fourth-order valence-electron chi connectivity index (χ4n) is 4.47. The number of carbonyl (C=O) groups is 2. The molecule has 188 valence electrons. The number of nitrogens with zero attached hydrogens (tertiary/aromatic N) is 2. The van der Waals surface area contributed by atoms with E-state index in [-0.39, 0.29) is 11.8 Å². The van der Waals surface area contributed by atoms with Crippen molar-refractivity contribution in [1.82, 2.24) is 4.90 Å². The van der Waals surface area contributed by atoms with Gasteiger partial charge in [0.2, 0.25) is 0 Å². The van der Waals surface area contributed by atoms with Crippen LogP contribution in [0.5, 0.6) is 11.5 Å². The minimum atomic E-state index is -0.244. The first kappa shape index (κ1) is 25.5. The van der Waals surface area contributed by atoms with Crippen LogP contribution < -0.4 is 14.4 Å². The highest BCUT2D eigenvalue weighted by atomic mass is 79.9. The summed E-state index contributed by atoms with van der Waals surface area (Å²) in [5.74, 6) is 0.833. The molecule has 9 heteroatoms. The summed E-state index contributed by atoms with van der Waals surface area (Å²) in [6.07, 6.45) is 0.575. The number of anilines is 1. The molecule has 0 unspecified atom stereocenters. The van der Waals surface area contributed by atoms with E-state index < -0.39 is 0 Å². The average molecular weight is 596 g/mol. The van der Waals surface area contributed by atoms with Gasteiger partial charge >= 0.3 is 0 Å². The number of rotatable bonds is 7. The third-order valence-corrected chi connectivity index (χ3v) is 8.25. The molecule has 0 radical (unpaired) electrons. The Bertz CT molecular complexity index is 1440. The maximum absolute atomic E-state index is 13.7. The van der Waals surface area contributed by atoms with Crippen molar-refractivity contribution in [1.29, 1.82) is 0 Å².